The van der Waals surface area contributed by atoms with Gasteiger partial charge in [-0.3, -0.25) is 4.79 Å². The minimum Gasteiger partial charge on any atom is -0.748 e. The highest BCUT2D eigenvalue weighted by atomic mass is 32.2. The van der Waals surface area contributed by atoms with E-state index >= 15 is 0 Å². The second kappa shape index (κ2) is 5.81. The summed E-state index contributed by atoms with van der Waals surface area (Å²) >= 11 is 0. The maximum atomic E-state index is 13.2. The average molecular weight is 408 g/mol. The molecular formula is C21H31N2O4S-. The first-order valence-electron chi connectivity index (χ1n) is 10.8. The second-order valence-electron chi connectivity index (χ2n) is 11.1. The molecule has 0 aromatic heterocycles. The Hall–Kier alpha value is -0.950. The summed E-state index contributed by atoms with van der Waals surface area (Å²) in [7, 11) is -4.37. The fourth-order valence-corrected chi connectivity index (χ4v) is 9.50. The Bertz CT molecular complexity index is 811. The number of carbonyl (C=O) groups excluding carboxylic acids is 1. The molecule has 0 heterocycles. The van der Waals surface area contributed by atoms with Crippen molar-refractivity contribution in [1.29, 1.82) is 0 Å². The Morgan fingerprint density at radius 1 is 1.14 bits per heavy atom. The highest BCUT2D eigenvalue weighted by Crippen LogP contribution is 2.65. The van der Waals surface area contributed by atoms with Crippen molar-refractivity contribution in [3.63, 3.8) is 0 Å². The molecule has 6 nitrogen and oxygen atoms in total. The van der Waals surface area contributed by atoms with Crippen molar-refractivity contribution < 1.29 is 17.8 Å². The minimum atomic E-state index is -4.37. The predicted molar refractivity (Wildman–Crippen MR) is 104 cm³/mol. The zero-order valence-corrected chi connectivity index (χ0v) is 17.7. The third-order valence-corrected chi connectivity index (χ3v) is 10.2. The van der Waals surface area contributed by atoms with Crippen LogP contribution in [0.5, 0.6) is 0 Å². The van der Waals surface area contributed by atoms with Crippen LogP contribution in [0.2, 0.25) is 0 Å². The molecule has 1 N–H and O–H groups in total. The molecule has 0 radical (unpaired) electrons. The number of nitrogens with zero attached hydrogens (tertiary/aromatic N) is 1. The SMILES string of the molecule is CC1(C)[C@H]2CC[C@@]1(CS(=O)(=O)[O-])/C(=N\NC(=O)C13CC4CC(CC(C4)C1)C3)C2. The molecule has 156 valence electrons. The highest BCUT2D eigenvalue weighted by molar-refractivity contribution is 7.85. The van der Waals surface area contributed by atoms with Crippen LogP contribution in [-0.2, 0) is 14.9 Å². The van der Waals surface area contributed by atoms with E-state index in [-0.39, 0.29) is 16.7 Å². The number of amides is 1. The van der Waals surface area contributed by atoms with Gasteiger partial charge in [-0.25, -0.2) is 13.8 Å². The van der Waals surface area contributed by atoms with Crippen LogP contribution in [0.1, 0.15) is 71.6 Å². The van der Waals surface area contributed by atoms with Crippen LogP contribution in [0.25, 0.3) is 0 Å². The van der Waals surface area contributed by atoms with Crippen LogP contribution >= 0.6 is 0 Å². The average Bonchev–Trinajstić information content (AvgIpc) is 2.91. The number of nitrogens with one attached hydrogen (secondary N) is 1. The standard InChI is InChI=1S/C21H32N2O4S/c1-19(2)16-3-4-21(19,12-28(25,26)27)17(8-16)22-23-18(24)20-9-13-5-14(10-20)7-15(6-13)11-20/h13-16H,3-12H2,1-2H3,(H,23,24)(H,25,26,27)/p-1/b22-17-/t13?,14?,15?,16-,20?,21+/m0/s1. The van der Waals surface area contributed by atoms with Gasteiger partial charge in [-0.2, -0.15) is 5.10 Å². The van der Waals surface area contributed by atoms with Crippen molar-refractivity contribution >= 4 is 21.7 Å². The van der Waals surface area contributed by atoms with E-state index < -0.39 is 21.3 Å². The van der Waals surface area contributed by atoms with Crippen LogP contribution in [0.3, 0.4) is 0 Å². The lowest BCUT2D eigenvalue weighted by molar-refractivity contribution is -0.146. The van der Waals surface area contributed by atoms with E-state index in [0.717, 1.165) is 31.4 Å². The molecule has 6 fully saturated rings. The van der Waals surface area contributed by atoms with Gasteiger partial charge in [0.1, 0.15) is 0 Å². The quantitative estimate of drug-likeness (QED) is 0.572. The Morgan fingerprint density at radius 2 is 1.71 bits per heavy atom. The summed E-state index contributed by atoms with van der Waals surface area (Å²) in [6, 6.07) is 0. The van der Waals surface area contributed by atoms with Crippen molar-refractivity contribution in [3.8, 4) is 0 Å². The number of rotatable bonds is 4. The Labute approximate surface area is 167 Å². The van der Waals surface area contributed by atoms with Crippen LogP contribution in [0.15, 0.2) is 5.10 Å². The number of hydrogen-bond acceptors (Lipinski definition) is 5. The highest BCUT2D eigenvalue weighted by Gasteiger charge is 2.63. The Kier molecular flexibility index (Phi) is 3.95. The first-order chi connectivity index (χ1) is 13.0. The Morgan fingerprint density at radius 3 is 2.21 bits per heavy atom. The fourth-order valence-electron chi connectivity index (χ4n) is 8.22. The molecule has 6 aliphatic rings. The largest absolute Gasteiger partial charge is 0.748 e. The lowest BCUT2D eigenvalue weighted by Crippen LogP contribution is -2.53. The van der Waals surface area contributed by atoms with E-state index in [1.165, 1.54) is 19.3 Å². The van der Waals surface area contributed by atoms with Crippen LogP contribution in [0.4, 0.5) is 0 Å². The molecule has 1 amide bonds. The first kappa shape index (κ1) is 19.0. The molecule has 7 heteroatoms. The molecule has 6 aliphatic carbocycles. The van der Waals surface area contributed by atoms with Gasteiger partial charge in [0.2, 0.25) is 5.91 Å². The van der Waals surface area contributed by atoms with Crippen molar-refractivity contribution in [2.45, 2.75) is 71.6 Å². The number of carbonyl (C=O) groups is 1. The summed E-state index contributed by atoms with van der Waals surface area (Å²) in [5, 5.41) is 4.53. The lowest BCUT2D eigenvalue weighted by atomic mass is 9.49. The van der Waals surface area contributed by atoms with Gasteiger partial charge in [0.05, 0.1) is 15.5 Å². The molecule has 0 aliphatic heterocycles. The van der Waals surface area contributed by atoms with Gasteiger partial charge in [-0.05, 0) is 86.9 Å². The zero-order chi connectivity index (χ0) is 19.9. The van der Waals surface area contributed by atoms with Gasteiger partial charge < -0.3 is 4.55 Å². The van der Waals surface area contributed by atoms with E-state index in [4.69, 9.17) is 0 Å². The molecular weight excluding hydrogens is 376 g/mol. The van der Waals surface area contributed by atoms with Gasteiger partial charge >= 0.3 is 0 Å². The molecule has 0 aromatic carbocycles. The third-order valence-electron chi connectivity index (χ3n) is 9.40. The first-order valence-corrected chi connectivity index (χ1v) is 12.4. The maximum absolute atomic E-state index is 13.2. The molecule has 0 saturated heterocycles. The van der Waals surface area contributed by atoms with Crippen LogP contribution in [-0.4, -0.2) is 30.3 Å². The van der Waals surface area contributed by atoms with E-state index in [9.17, 15) is 17.8 Å². The third kappa shape index (κ3) is 2.64. The van der Waals surface area contributed by atoms with Gasteiger partial charge in [0.15, 0.2) is 0 Å². The zero-order valence-electron chi connectivity index (χ0n) is 16.9. The summed E-state index contributed by atoms with van der Waals surface area (Å²) in [5.74, 6) is 1.99. The van der Waals surface area contributed by atoms with Crippen LogP contribution in [0, 0.1) is 39.9 Å². The number of hydrogen-bond donors (Lipinski definition) is 1. The number of hydrazone groups is 1. The topological polar surface area (TPSA) is 98.7 Å². The van der Waals surface area contributed by atoms with Crippen molar-refractivity contribution in [2.24, 2.45) is 45.0 Å². The Balaban J connectivity index is 1.40. The van der Waals surface area contributed by atoms with Crippen molar-refractivity contribution in [2.75, 3.05) is 5.75 Å². The lowest BCUT2D eigenvalue weighted by Gasteiger charge is -2.55. The van der Waals surface area contributed by atoms with E-state index in [1.54, 1.807) is 0 Å². The van der Waals surface area contributed by atoms with E-state index in [1.807, 2.05) is 0 Å². The molecule has 0 unspecified atom stereocenters. The summed E-state index contributed by atoms with van der Waals surface area (Å²) < 4.78 is 35.0. The second-order valence-corrected chi connectivity index (χ2v) is 12.5. The molecule has 0 spiro atoms. The van der Waals surface area contributed by atoms with Crippen molar-refractivity contribution in [1.82, 2.24) is 5.43 Å². The van der Waals surface area contributed by atoms with E-state index in [2.05, 4.69) is 24.4 Å². The van der Waals surface area contributed by atoms with Gasteiger partial charge in [-0.1, -0.05) is 13.8 Å². The van der Waals surface area contributed by atoms with Gasteiger partial charge in [-0.15, -0.1) is 0 Å². The minimum absolute atomic E-state index is 0.0276. The normalized spacial score (nSPS) is 47.0. The maximum Gasteiger partial charge on any atom is 0.246 e. The molecule has 0 aromatic rings. The molecule has 28 heavy (non-hydrogen) atoms. The van der Waals surface area contributed by atoms with Gasteiger partial charge in [0.25, 0.3) is 0 Å². The molecule has 6 bridgehead atoms. The monoisotopic (exact) mass is 407 g/mol. The van der Waals surface area contributed by atoms with Crippen molar-refractivity contribution in [3.05, 3.63) is 0 Å². The molecule has 6 rings (SSSR count). The molecule has 6 saturated carbocycles. The number of fused-ring (bicyclic) bond motifs is 2. The van der Waals surface area contributed by atoms with E-state index in [0.29, 0.717) is 36.5 Å². The summed E-state index contributed by atoms with van der Waals surface area (Å²) in [6.45, 7) is 4.11. The summed E-state index contributed by atoms with van der Waals surface area (Å²) in [6.07, 6.45) is 9.04. The van der Waals surface area contributed by atoms with Crippen LogP contribution < -0.4 is 5.43 Å². The fraction of sp³-hybridized carbons (Fsp3) is 0.905. The predicted octanol–water partition coefficient (Wildman–Crippen LogP) is 3.05. The van der Waals surface area contributed by atoms with Gasteiger partial charge in [0, 0.05) is 16.9 Å². The summed E-state index contributed by atoms with van der Waals surface area (Å²) in [5.41, 5.74) is 2.31. The smallest absolute Gasteiger partial charge is 0.246 e. The summed E-state index contributed by atoms with van der Waals surface area (Å²) in [4.78, 5) is 13.2. The molecule has 2 atom stereocenters.